The number of aromatic nitrogens is 1. The molecular weight excluding hydrogens is 372 g/mol. The highest BCUT2D eigenvalue weighted by Gasteiger charge is 2.22. The molecule has 1 fully saturated rings. The van der Waals surface area contributed by atoms with E-state index in [9.17, 15) is 8.42 Å². The van der Waals surface area contributed by atoms with E-state index in [-0.39, 0.29) is 17.6 Å². The number of sulfone groups is 1. The maximum Gasteiger partial charge on any atom is 0.151 e. The topological polar surface area (TPSA) is 59.5 Å². The Kier molecular flexibility index (Phi) is 7.30. The number of likely N-dealkylation sites (tertiary alicyclic amines) is 1. The first-order chi connectivity index (χ1) is 13.5. The molecule has 154 valence electrons. The minimum absolute atomic E-state index is 0.158. The number of aryl methyl sites for hydroxylation is 1. The van der Waals surface area contributed by atoms with Crippen LogP contribution in [0.15, 0.2) is 30.5 Å². The second-order valence-corrected chi connectivity index (χ2v) is 10.1. The van der Waals surface area contributed by atoms with Crippen LogP contribution in [0.1, 0.15) is 45.1 Å². The molecular formula is C22H32N2O3S. The van der Waals surface area contributed by atoms with Crippen molar-refractivity contribution in [3.05, 3.63) is 36.0 Å². The maximum atomic E-state index is 11.7. The van der Waals surface area contributed by atoms with Crippen LogP contribution < -0.4 is 4.74 Å². The van der Waals surface area contributed by atoms with Crippen molar-refractivity contribution in [2.45, 2.75) is 52.1 Å². The van der Waals surface area contributed by atoms with Crippen LogP contribution in [-0.2, 0) is 16.3 Å². The molecule has 0 amide bonds. The van der Waals surface area contributed by atoms with Gasteiger partial charge < -0.3 is 9.64 Å². The van der Waals surface area contributed by atoms with Gasteiger partial charge in [0.1, 0.15) is 17.4 Å². The van der Waals surface area contributed by atoms with Crippen molar-refractivity contribution in [3.8, 4) is 5.75 Å². The summed E-state index contributed by atoms with van der Waals surface area (Å²) in [5.74, 6) is 1.36. The summed E-state index contributed by atoms with van der Waals surface area (Å²) in [5.41, 5.74) is 2.23. The molecule has 0 bridgehead atoms. The lowest BCUT2D eigenvalue weighted by atomic mass is 10.0. The van der Waals surface area contributed by atoms with Gasteiger partial charge in [0.2, 0.25) is 0 Å². The van der Waals surface area contributed by atoms with Crippen molar-refractivity contribution in [1.29, 1.82) is 0 Å². The summed E-state index contributed by atoms with van der Waals surface area (Å²) >= 11 is 0. The summed E-state index contributed by atoms with van der Waals surface area (Å²) in [7, 11) is -2.90. The first-order valence-corrected chi connectivity index (χ1v) is 12.3. The van der Waals surface area contributed by atoms with Gasteiger partial charge in [-0.3, -0.25) is 4.98 Å². The van der Waals surface area contributed by atoms with Crippen molar-refractivity contribution in [1.82, 2.24) is 9.88 Å². The van der Waals surface area contributed by atoms with Crippen LogP contribution in [0.5, 0.6) is 5.75 Å². The van der Waals surface area contributed by atoms with Crippen LogP contribution in [0.4, 0.5) is 0 Å². The van der Waals surface area contributed by atoms with Crippen molar-refractivity contribution < 1.29 is 13.2 Å². The fraction of sp³-hybridized carbons (Fsp3) is 0.591. The SMILES string of the molecule is CCCCc1cc(OC2CCN(CCS(=O)(=O)CC)CC2)c2ncccc2c1. The lowest BCUT2D eigenvalue weighted by molar-refractivity contribution is 0.105. The van der Waals surface area contributed by atoms with Crippen LogP contribution >= 0.6 is 0 Å². The first-order valence-electron chi connectivity index (χ1n) is 10.5. The Bertz CT molecular complexity index is 874. The summed E-state index contributed by atoms with van der Waals surface area (Å²) in [4.78, 5) is 6.78. The quantitative estimate of drug-likeness (QED) is 0.635. The van der Waals surface area contributed by atoms with Gasteiger partial charge >= 0.3 is 0 Å². The Morgan fingerprint density at radius 3 is 2.71 bits per heavy atom. The van der Waals surface area contributed by atoms with Gasteiger partial charge in [0.25, 0.3) is 0 Å². The van der Waals surface area contributed by atoms with Crippen molar-refractivity contribution >= 4 is 20.7 Å². The minimum atomic E-state index is -2.90. The van der Waals surface area contributed by atoms with E-state index >= 15 is 0 Å². The predicted octanol–water partition coefficient (Wildman–Crippen LogP) is 3.86. The summed E-state index contributed by atoms with van der Waals surface area (Å²) < 4.78 is 29.8. The Hall–Kier alpha value is -1.66. The number of fused-ring (bicyclic) bond motifs is 1. The Morgan fingerprint density at radius 2 is 2.00 bits per heavy atom. The Balaban J connectivity index is 1.63. The van der Waals surface area contributed by atoms with E-state index in [1.807, 2.05) is 12.3 Å². The molecule has 0 radical (unpaired) electrons. The van der Waals surface area contributed by atoms with Crippen LogP contribution in [0.3, 0.4) is 0 Å². The highest BCUT2D eigenvalue weighted by Crippen LogP contribution is 2.29. The van der Waals surface area contributed by atoms with Crippen molar-refractivity contribution in [2.24, 2.45) is 0 Å². The van der Waals surface area contributed by atoms with E-state index in [1.165, 1.54) is 18.4 Å². The molecule has 3 rings (SSSR count). The fourth-order valence-corrected chi connectivity index (χ4v) is 4.50. The number of hydrogen-bond donors (Lipinski definition) is 0. The molecule has 1 aliphatic rings. The van der Waals surface area contributed by atoms with Gasteiger partial charge in [-0.15, -0.1) is 0 Å². The van der Waals surface area contributed by atoms with Gasteiger partial charge in [0.15, 0.2) is 9.84 Å². The standard InChI is InChI=1S/C22H32N2O3S/c1-3-5-7-18-16-19-8-6-11-23-22(19)21(17-18)27-20-9-12-24(13-10-20)14-15-28(25,26)4-2/h6,8,11,16-17,20H,3-5,7,9-10,12-15H2,1-2H3. The molecule has 1 aromatic heterocycles. The van der Waals surface area contributed by atoms with Crippen molar-refractivity contribution in [3.63, 3.8) is 0 Å². The van der Waals surface area contributed by atoms with Crippen LogP contribution in [0.2, 0.25) is 0 Å². The van der Waals surface area contributed by atoms with E-state index < -0.39 is 9.84 Å². The number of rotatable bonds is 9. The second-order valence-electron chi connectivity index (χ2n) is 7.67. The van der Waals surface area contributed by atoms with Gasteiger partial charge in [-0.2, -0.15) is 0 Å². The van der Waals surface area contributed by atoms with E-state index in [2.05, 4.69) is 35.0 Å². The number of ether oxygens (including phenoxy) is 1. The third-order valence-corrected chi connectivity index (χ3v) is 7.22. The summed E-state index contributed by atoms with van der Waals surface area (Å²) in [6, 6.07) is 8.45. The Labute approximate surface area is 169 Å². The average Bonchev–Trinajstić information content (AvgIpc) is 2.72. The number of pyridine rings is 1. The molecule has 28 heavy (non-hydrogen) atoms. The van der Waals surface area contributed by atoms with Gasteiger partial charge in [-0.1, -0.05) is 26.3 Å². The van der Waals surface area contributed by atoms with Gasteiger partial charge in [0, 0.05) is 37.0 Å². The number of nitrogens with zero attached hydrogens (tertiary/aromatic N) is 2. The molecule has 6 heteroatoms. The molecule has 0 atom stereocenters. The molecule has 0 unspecified atom stereocenters. The summed E-state index contributed by atoms with van der Waals surface area (Å²) in [5, 5.41) is 1.13. The number of piperidine rings is 1. The van der Waals surface area contributed by atoms with Crippen LogP contribution in [0.25, 0.3) is 10.9 Å². The van der Waals surface area contributed by atoms with E-state index in [0.29, 0.717) is 6.54 Å². The minimum Gasteiger partial charge on any atom is -0.488 e. The fourth-order valence-electron chi connectivity index (χ4n) is 3.68. The Morgan fingerprint density at radius 1 is 1.21 bits per heavy atom. The smallest absolute Gasteiger partial charge is 0.151 e. The van der Waals surface area contributed by atoms with Gasteiger partial charge in [-0.25, -0.2) is 8.42 Å². The highest BCUT2D eigenvalue weighted by molar-refractivity contribution is 7.91. The van der Waals surface area contributed by atoms with Gasteiger partial charge in [-0.05, 0) is 49.4 Å². The molecule has 0 aliphatic carbocycles. The van der Waals surface area contributed by atoms with E-state index in [1.54, 1.807) is 6.92 Å². The third kappa shape index (κ3) is 5.67. The molecule has 2 aromatic rings. The predicted molar refractivity (Wildman–Crippen MR) is 115 cm³/mol. The first kappa shape index (κ1) is 21.1. The normalized spacial score (nSPS) is 16.5. The monoisotopic (exact) mass is 404 g/mol. The van der Waals surface area contributed by atoms with Crippen molar-refractivity contribution in [2.75, 3.05) is 31.1 Å². The summed E-state index contributed by atoms with van der Waals surface area (Å²) in [6.07, 6.45) is 7.21. The lowest BCUT2D eigenvalue weighted by Crippen LogP contribution is -2.40. The van der Waals surface area contributed by atoms with Crippen LogP contribution in [-0.4, -0.2) is 55.5 Å². The highest BCUT2D eigenvalue weighted by atomic mass is 32.2. The number of unbranched alkanes of at least 4 members (excludes halogenated alkanes) is 1. The molecule has 5 nitrogen and oxygen atoms in total. The second kappa shape index (κ2) is 9.70. The largest absolute Gasteiger partial charge is 0.488 e. The molecule has 1 saturated heterocycles. The average molecular weight is 405 g/mol. The zero-order chi connectivity index (χ0) is 20.0. The summed E-state index contributed by atoms with van der Waals surface area (Å²) in [6.45, 7) is 6.30. The van der Waals surface area contributed by atoms with E-state index in [4.69, 9.17) is 4.74 Å². The molecule has 2 heterocycles. The van der Waals surface area contributed by atoms with Crippen LogP contribution in [0, 0.1) is 0 Å². The number of hydrogen-bond acceptors (Lipinski definition) is 5. The molecule has 0 spiro atoms. The van der Waals surface area contributed by atoms with Gasteiger partial charge in [0.05, 0.1) is 5.75 Å². The molecule has 1 aromatic carbocycles. The molecule has 0 saturated carbocycles. The zero-order valence-corrected chi connectivity index (χ0v) is 17.9. The molecule has 0 N–H and O–H groups in total. The number of benzene rings is 1. The zero-order valence-electron chi connectivity index (χ0n) is 17.1. The lowest BCUT2D eigenvalue weighted by Gasteiger charge is -2.32. The third-order valence-electron chi connectivity index (χ3n) is 5.54. The van der Waals surface area contributed by atoms with E-state index in [0.717, 1.165) is 49.0 Å². The maximum absolute atomic E-state index is 11.7. The molecule has 1 aliphatic heterocycles.